The number of hydrogen-bond donors (Lipinski definition) is 1. The molecule has 2 heterocycles. The molecular weight excluding hydrogens is 467 g/mol. The van der Waals surface area contributed by atoms with Crippen molar-refractivity contribution in [3.05, 3.63) is 99.9 Å². The molecule has 0 saturated carbocycles. The lowest BCUT2D eigenvalue weighted by molar-refractivity contribution is 0.102. The number of pyridine rings is 1. The van der Waals surface area contributed by atoms with Gasteiger partial charge in [0.05, 0.1) is 44.2 Å². The summed E-state index contributed by atoms with van der Waals surface area (Å²) in [7, 11) is 0. The molecule has 5 rings (SSSR count). The van der Waals surface area contributed by atoms with Crippen molar-refractivity contribution in [1.82, 2.24) is 14.5 Å². The van der Waals surface area contributed by atoms with Crippen LogP contribution in [0.15, 0.2) is 73.2 Å². The Labute approximate surface area is 207 Å². The lowest BCUT2D eigenvalue weighted by Gasteiger charge is -2.15. The molecule has 5 nitrogen and oxygen atoms in total. The highest BCUT2D eigenvalue weighted by Gasteiger charge is 2.17. The largest absolute Gasteiger partial charge is 0.330 e. The smallest absolute Gasteiger partial charge is 0.258 e. The molecule has 170 valence electrons. The molecule has 0 aliphatic carbocycles. The molecule has 3 aromatic carbocycles. The van der Waals surface area contributed by atoms with Gasteiger partial charge in [0, 0.05) is 18.1 Å². The quantitative estimate of drug-likeness (QED) is 0.281. The van der Waals surface area contributed by atoms with Crippen molar-refractivity contribution in [3.8, 4) is 0 Å². The number of carbonyl (C=O) groups excluding carboxylic acids is 1. The highest BCUT2D eigenvalue weighted by Crippen LogP contribution is 2.30. The Morgan fingerprint density at radius 2 is 1.74 bits per heavy atom. The molecule has 2 aromatic heterocycles. The van der Waals surface area contributed by atoms with E-state index in [1.807, 2.05) is 42.9 Å². The van der Waals surface area contributed by atoms with E-state index in [1.165, 1.54) is 11.1 Å². The maximum atomic E-state index is 13.0. The highest BCUT2D eigenvalue weighted by atomic mass is 35.5. The Hall–Kier alpha value is -3.41. The number of rotatable bonds is 6. The van der Waals surface area contributed by atoms with Crippen LogP contribution in [0, 0.1) is 0 Å². The van der Waals surface area contributed by atoms with Gasteiger partial charge in [-0.25, -0.2) is 4.98 Å². The first kappa shape index (κ1) is 22.4. The van der Waals surface area contributed by atoms with Gasteiger partial charge in [-0.2, -0.15) is 0 Å². The second kappa shape index (κ2) is 9.45. The third-order valence-corrected chi connectivity index (χ3v) is 6.68. The van der Waals surface area contributed by atoms with Crippen LogP contribution in [0.25, 0.3) is 21.9 Å². The summed E-state index contributed by atoms with van der Waals surface area (Å²) in [5.74, 6) is -0.365. The van der Waals surface area contributed by atoms with Gasteiger partial charge in [0.15, 0.2) is 0 Å². The zero-order chi connectivity index (χ0) is 23.7. The van der Waals surface area contributed by atoms with Crippen LogP contribution in [0.5, 0.6) is 0 Å². The number of fused-ring (bicyclic) bond motifs is 2. The van der Waals surface area contributed by atoms with Gasteiger partial charge in [0.1, 0.15) is 0 Å². The summed E-state index contributed by atoms with van der Waals surface area (Å²) in [5, 5.41) is 4.59. The lowest BCUT2D eigenvalue weighted by Crippen LogP contribution is -2.14. The molecule has 0 atom stereocenters. The van der Waals surface area contributed by atoms with Crippen LogP contribution in [0.1, 0.15) is 28.4 Å². The number of nitrogens with zero attached hydrogens (tertiary/aromatic N) is 3. The monoisotopic (exact) mass is 488 g/mol. The third-order valence-electron chi connectivity index (χ3n) is 6.05. The highest BCUT2D eigenvalue weighted by molar-refractivity contribution is 6.40. The standard InChI is InChI=1S/C27H22Cl2N4O/c1-2-17-15-30-26-19(18(17)13-14-33-16-31-22-10-3-4-12-24(22)33)7-5-11-23(26)32-27(34)25-20(28)8-6-9-21(25)29/h3-12,15-16H,2,13-14H2,1H3,(H,32,34). The van der Waals surface area contributed by atoms with E-state index in [1.54, 1.807) is 18.2 Å². The molecule has 34 heavy (non-hydrogen) atoms. The third kappa shape index (κ3) is 4.13. The zero-order valence-electron chi connectivity index (χ0n) is 18.6. The Morgan fingerprint density at radius 1 is 0.971 bits per heavy atom. The molecule has 0 spiro atoms. The first-order valence-corrected chi connectivity index (χ1v) is 11.9. The fourth-order valence-electron chi connectivity index (χ4n) is 4.34. The SMILES string of the molecule is CCc1cnc2c(NC(=O)c3c(Cl)cccc3Cl)cccc2c1CCn1cnc2ccccc21. The van der Waals surface area contributed by atoms with Gasteiger partial charge >= 0.3 is 0 Å². The van der Waals surface area contributed by atoms with E-state index >= 15 is 0 Å². The average molecular weight is 489 g/mol. The molecule has 0 unspecified atom stereocenters. The van der Waals surface area contributed by atoms with Gasteiger partial charge in [0.25, 0.3) is 5.91 Å². The van der Waals surface area contributed by atoms with E-state index in [2.05, 4.69) is 33.9 Å². The van der Waals surface area contributed by atoms with Crippen molar-refractivity contribution in [2.24, 2.45) is 0 Å². The van der Waals surface area contributed by atoms with Gasteiger partial charge in [-0.05, 0) is 54.3 Å². The van der Waals surface area contributed by atoms with Gasteiger partial charge in [-0.1, -0.05) is 60.5 Å². The van der Waals surface area contributed by atoms with E-state index in [4.69, 9.17) is 28.2 Å². The second-order valence-corrected chi connectivity index (χ2v) is 8.86. The number of carbonyl (C=O) groups is 1. The number of imidazole rings is 1. The molecule has 0 fully saturated rings. The maximum absolute atomic E-state index is 13.0. The minimum Gasteiger partial charge on any atom is -0.330 e. The molecule has 1 amide bonds. The summed E-state index contributed by atoms with van der Waals surface area (Å²) < 4.78 is 2.17. The Kier molecular flexibility index (Phi) is 6.22. The van der Waals surface area contributed by atoms with Crippen molar-refractivity contribution in [2.75, 3.05) is 5.32 Å². The fraction of sp³-hybridized carbons (Fsp3) is 0.148. The summed E-state index contributed by atoms with van der Waals surface area (Å²) in [6.45, 7) is 2.92. The average Bonchev–Trinajstić information content (AvgIpc) is 3.25. The first-order valence-electron chi connectivity index (χ1n) is 11.1. The van der Waals surface area contributed by atoms with Crippen LogP contribution in [0.3, 0.4) is 0 Å². The molecule has 1 N–H and O–H groups in total. The van der Waals surface area contributed by atoms with Crippen LogP contribution < -0.4 is 5.32 Å². The normalized spacial score (nSPS) is 11.3. The van der Waals surface area contributed by atoms with Crippen molar-refractivity contribution in [1.29, 1.82) is 0 Å². The fourth-order valence-corrected chi connectivity index (χ4v) is 4.91. The van der Waals surface area contributed by atoms with E-state index in [-0.39, 0.29) is 11.5 Å². The summed E-state index contributed by atoms with van der Waals surface area (Å²) in [6.07, 6.45) is 5.48. The van der Waals surface area contributed by atoms with Crippen molar-refractivity contribution in [3.63, 3.8) is 0 Å². The summed E-state index contributed by atoms with van der Waals surface area (Å²) in [4.78, 5) is 22.2. The number of aryl methyl sites for hydroxylation is 3. The van der Waals surface area contributed by atoms with Crippen LogP contribution >= 0.6 is 23.2 Å². The summed E-state index contributed by atoms with van der Waals surface area (Å²) in [5.41, 5.74) is 6.12. The van der Waals surface area contributed by atoms with E-state index < -0.39 is 0 Å². The van der Waals surface area contributed by atoms with Crippen LogP contribution in [0.2, 0.25) is 10.0 Å². The van der Waals surface area contributed by atoms with Gasteiger partial charge in [0.2, 0.25) is 0 Å². The van der Waals surface area contributed by atoms with E-state index in [0.29, 0.717) is 15.7 Å². The van der Waals surface area contributed by atoms with Crippen LogP contribution in [-0.2, 0) is 19.4 Å². The number of hydrogen-bond acceptors (Lipinski definition) is 3. The number of amides is 1. The van der Waals surface area contributed by atoms with Gasteiger partial charge < -0.3 is 9.88 Å². The molecule has 0 saturated heterocycles. The lowest BCUT2D eigenvalue weighted by atomic mass is 9.98. The minimum atomic E-state index is -0.365. The summed E-state index contributed by atoms with van der Waals surface area (Å²) in [6, 6.07) is 19.0. The molecule has 0 radical (unpaired) electrons. The second-order valence-electron chi connectivity index (χ2n) is 8.04. The predicted molar refractivity (Wildman–Crippen MR) is 139 cm³/mol. The minimum absolute atomic E-state index is 0.250. The molecule has 7 heteroatoms. The molecule has 0 aliphatic rings. The number of aromatic nitrogens is 3. The van der Waals surface area contributed by atoms with Crippen LogP contribution in [0.4, 0.5) is 5.69 Å². The number of anilines is 1. The van der Waals surface area contributed by atoms with Crippen molar-refractivity contribution < 1.29 is 4.79 Å². The molecular formula is C27H22Cl2N4O. The molecule has 5 aromatic rings. The Morgan fingerprint density at radius 3 is 2.53 bits per heavy atom. The van der Waals surface area contributed by atoms with Gasteiger partial charge in [-0.15, -0.1) is 0 Å². The predicted octanol–water partition coefficient (Wildman–Crippen LogP) is 6.95. The van der Waals surface area contributed by atoms with E-state index in [0.717, 1.165) is 41.3 Å². The topological polar surface area (TPSA) is 59.8 Å². The van der Waals surface area contributed by atoms with Crippen molar-refractivity contribution >= 4 is 56.7 Å². The number of benzene rings is 3. The Balaban J connectivity index is 1.50. The number of nitrogens with one attached hydrogen (secondary N) is 1. The maximum Gasteiger partial charge on any atom is 0.258 e. The summed E-state index contributed by atoms with van der Waals surface area (Å²) >= 11 is 12.5. The number of halogens is 2. The van der Waals surface area contributed by atoms with Gasteiger partial charge in [-0.3, -0.25) is 9.78 Å². The van der Waals surface area contributed by atoms with Crippen molar-refractivity contribution in [2.45, 2.75) is 26.3 Å². The van der Waals surface area contributed by atoms with E-state index in [9.17, 15) is 4.79 Å². The first-order chi connectivity index (χ1) is 16.6. The zero-order valence-corrected chi connectivity index (χ0v) is 20.1. The molecule has 0 bridgehead atoms. The molecule has 0 aliphatic heterocycles. The van der Waals surface area contributed by atoms with Crippen LogP contribution in [-0.4, -0.2) is 20.4 Å². The number of para-hydroxylation sites is 3. The Bertz CT molecular complexity index is 1510.